The normalized spacial score (nSPS) is 18.9. The Balaban J connectivity index is 1.70. The summed E-state index contributed by atoms with van der Waals surface area (Å²) in [6, 6.07) is 7.63. The van der Waals surface area contributed by atoms with Crippen LogP contribution in [0.15, 0.2) is 24.3 Å². The summed E-state index contributed by atoms with van der Waals surface area (Å²) in [4.78, 5) is 2.53. The molecule has 20 heavy (non-hydrogen) atoms. The van der Waals surface area contributed by atoms with Gasteiger partial charge in [-0.2, -0.15) is 0 Å². The van der Waals surface area contributed by atoms with E-state index in [1.54, 1.807) is 0 Å². The third-order valence-electron chi connectivity index (χ3n) is 4.97. The van der Waals surface area contributed by atoms with Crippen LogP contribution >= 0.6 is 0 Å². The molecule has 1 heterocycles. The number of hydrogen-bond donors (Lipinski definition) is 1. The largest absolute Gasteiger partial charge is 0.492 e. The fourth-order valence-corrected chi connectivity index (χ4v) is 3.06. The van der Waals surface area contributed by atoms with Gasteiger partial charge in [0.15, 0.2) is 0 Å². The fourth-order valence-electron chi connectivity index (χ4n) is 3.06. The maximum absolute atomic E-state index is 5.77. The first-order chi connectivity index (χ1) is 9.67. The quantitative estimate of drug-likeness (QED) is 0.808. The monoisotopic (exact) mass is 276 g/mol. The molecule has 1 aromatic carbocycles. The zero-order chi connectivity index (χ0) is 14.4. The summed E-state index contributed by atoms with van der Waals surface area (Å²) in [6.07, 6.45) is 5.31. The molecular formula is C17H28N2O. The van der Waals surface area contributed by atoms with Crippen LogP contribution in [0.5, 0.6) is 5.75 Å². The Labute approximate surface area is 123 Å². The van der Waals surface area contributed by atoms with Gasteiger partial charge in [-0.05, 0) is 55.6 Å². The summed E-state index contributed by atoms with van der Waals surface area (Å²) in [5.41, 5.74) is 7.05. The number of rotatable bonds is 6. The number of nitrogen functional groups attached to an aromatic ring is 1. The smallest absolute Gasteiger partial charge is 0.119 e. The van der Waals surface area contributed by atoms with Gasteiger partial charge in [-0.1, -0.05) is 26.7 Å². The SMILES string of the molecule is CCC1(CC)CCN(CCOc2ccc(N)cc2)CC1. The number of benzene rings is 1. The standard InChI is InChI=1S/C17H28N2O/c1-3-17(4-2)9-11-19(12-10-17)13-14-20-16-7-5-15(18)6-8-16/h5-8H,3-4,9-14,18H2,1-2H3. The minimum atomic E-state index is 0.605. The summed E-state index contributed by atoms with van der Waals surface area (Å²) >= 11 is 0. The van der Waals surface area contributed by atoms with Crippen LogP contribution in [0.3, 0.4) is 0 Å². The second kappa shape index (κ2) is 6.98. The lowest BCUT2D eigenvalue weighted by Crippen LogP contribution is -2.41. The van der Waals surface area contributed by atoms with E-state index in [1.165, 1.54) is 38.8 Å². The van der Waals surface area contributed by atoms with Gasteiger partial charge in [0.2, 0.25) is 0 Å². The zero-order valence-electron chi connectivity index (χ0n) is 12.9. The molecule has 3 heteroatoms. The third kappa shape index (κ3) is 3.89. The highest BCUT2D eigenvalue weighted by atomic mass is 16.5. The summed E-state index contributed by atoms with van der Waals surface area (Å²) in [6.45, 7) is 8.88. The summed E-state index contributed by atoms with van der Waals surface area (Å²) in [5.74, 6) is 0.910. The molecule has 0 radical (unpaired) electrons. The Kier molecular flexibility index (Phi) is 5.30. The minimum absolute atomic E-state index is 0.605. The van der Waals surface area contributed by atoms with Gasteiger partial charge in [0.25, 0.3) is 0 Å². The Bertz CT molecular complexity index is 388. The molecule has 0 saturated carbocycles. The molecule has 2 N–H and O–H groups in total. The molecule has 1 saturated heterocycles. The Morgan fingerprint density at radius 2 is 1.70 bits per heavy atom. The molecule has 0 bridgehead atoms. The summed E-state index contributed by atoms with van der Waals surface area (Å²) in [7, 11) is 0. The molecule has 3 nitrogen and oxygen atoms in total. The van der Waals surface area contributed by atoms with Crippen LogP contribution in [-0.4, -0.2) is 31.1 Å². The van der Waals surface area contributed by atoms with Crippen molar-refractivity contribution in [3.8, 4) is 5.75 Å². The number of likely N-dealkylation sites (tertiary alicyclic amines) is 1. The highest BCUT2D eigenvalue weighted by Gasteiger charge is 2.30. The van der Waals surface area contributed by atoms with Crippen molar-refractivity contribution in [2.24, 2.45) is 5.41 Å². The van der Waals surface area contributed by atoms with E-state index in [4.69, 9.17) is 10.5 Å². The molecule has 1 aliphatic rings. The lowest BCUT2D eigenvalue weighted by Gasteiger charge is -2.41. The van der Waals surface area contributed by atoms with Crippen molar-refractivity contribution in [3.63, 3.8) is 0 Å². The number of nitrogens with zero attached hydrogens (tertiary/aromatic N) is 1. The number of nitrogens with two attached hydrogens (primary N) is 1. The molecule has 2 rings (SSSR count). The van der Waals surface area contributed by atoms with E-state index < -0.39 is 0 Å². The zero-order valence-corrected chi connectivity index (χ0v) is 12.9. The van der Waals surface area contributed by atoms with Gasteiger partial charge >= 0.3 is 0 Å². The second-order valence-electron chi connectivity index (χ2n) is 5.97. The third-order valence-corrected chi connectivity index (χ3v) is 4.97. The first kappa shape index (κ1) is 15.2. The van der Waals surface area contributed by atoms with Gasteiger partial charge in [0.1, 0.15) is 12.4 Å². The molecule has 1 aliphatic heterocycles. The van der Waals surface area contributed by atoms with Gasteiger partial charge in [0, 0.05) is 12.2 Å². The average Bonchev–Trinajstić information content (AvgIpc) is 2.50. The Morgan fingerprint density at radius 1 is 1.10 bits per heavy atom. The van der Waals surface area contributed by atoms with Crippen molar-refractivity contribution in [2.45, 2.75) is 39.5 Å². The van der Waals surface area contributed by atoms with Crippen LogP contribution in [0, 0.1) is 5.41 Å². The van der Waals surface area contributed by atoms with Crippen molar-refractivity contribution >= 4 is 5.69 Å². The van der Waals surface area contributed by atoms with E-state index in [1.807, 2.05) is 24.3 Å². The van der Waals surface area contributed by atoms with Crippen molar-refractivity contribution in [1.29, 1.82) is 0 Å². The van der Waals surface area contributed by atoms with E-state index in [0.29, 0.717) is 5.41 Å². The predicted molar refractivity (Wildman–Crippen MR) is 85.0 cm³/mol. The molecule has 1 fully saturated rings. The molecule has 0 spiro atoms. The van der Waals surface area contributed by atoms with Crippen LogP contribution in [0.1, 0.15) is 39.5 Å². The van der Waals surface area contributed by atoms with Crippen molar-refractivity contribution in [2.75, 3.05) is 32.0 Å². The van der Waals surface area contributed by atoms with E-state index in [2.05, 4.69) is 18.7 Å². The number of anilines is 1. The van der Waals surface area contributed by atoms with Crippen LogP contribution in [0.2, 0.25) is 0 Å². The number of hydrogen-bond acceptors (Lipinski definition) is 3. The second-order valence-corrected chi connectivity index (χ2v) is 5.97. The maximum Gasteiger partial charge on any atom is 0.119 e. The molecule has 112 valence electrons. The maximum atomic E-state index is 5.77. The molecule has 0 amide bonds. The lowest BCUT2D eigenvalue weighted by atomic mass is 9.74. The van der Waals surface area contributed by atoms with E-state index in [-0.39, 0.29) is 0 Å². The van der Waals surface area contributed by atoms with Crippen molar-refractivity contribution < 1.29 is 4.74 Å². The van der Waals surface area contributed by atoms with Crippen molar-refractivity contribution in [3.05, 3.63) is 24.3 Å². The van der Waals surface area contributed by atoms with Gasteiger partial charge in [-0.3, -0.25) is 4.90 Å². The van der Waals surface area contributed by atoms with E-state index in [0.717, 1.165) is 24.6 Å². The highest BCUT2D eigenvalue weighted by Crippen LogP contribution is 2.37. The predicted octanol–water partition coefficient (Wildman–Crippen LogP) is 3.55. The minimum Gasteiger partial charge on any atom is -0.492 e. The molecular weight excluding hydrogens is 248 g/mol. The van der Waals surface area contributed by atoms with Crippen LogP contribution in [0.4, 0.5) is 5.69 Å². The number of ether oxygens (including phenoxy) is 1. The van der Waals surface area contributed by atoms with E-state index in [9.17, 15) is 0 Å². The van der Waals surface area contributed by atoms with Crippen LogP contribution in [0.25, 0.3) is 0 Å². The topological polar surface area (TPSA) is 38.5 Å². The molecule has 0 atom stereocenters. The number of piperidine rings is 1. The van der Waals surface area contributed by atoms with Crippen LogP contribution < -0.4 is 10.5 Å². The van der Waals surface area contributed by atoms with Gasteiger partial charge < -0.3 is 10.5 Å². The first-order valence-corrected chi connectivity index (χ1v) is 7.88. The summed E-state index contributed by atoms with van der Waals surface area (Å²) in [5, 5.41) is 0. The fraction of sp³-hybridized carbons (Fsp3) is 0.647. The average molecular weight is 276 g/mol. The lowest BCUT2D eigenvalue weighted by molar-refractivity contribution is 0.0851. The van der Waals surface area contributed by atoms with Gasteiger partial charge in [-0.25, -0.2) is 0 Å². The Morgan fingerprint density at radius 3 is 2.25 bits per heavy atom. The van der Waals surface area contributed by atoms with Crippen LogP contribution in [-0.2, 0) is 0 Å². The highest BCUT2D eigenvalue weighted by molar-refractivity contribution is 5.41. The first-order valence-electron chi connectivity index (χ1n) is 7.88. The summed E-state index contributed by atoms with van der Waals surface area (Å²) < 4.78 is 5.77. The van der Waals surface area contributed by atoms with Crippen molar-refractivity contribution in [1.82, 2.24) is 4.90 Å². The molecule has 1 aromatic rings. The van der Waals surface area contributed by atoms with Gasteiger partial charge in [0.05, 0.1) is 0 Å². The molecule has 0 unspecified atom stereocenters. The van der Waals surface area contributed by atoms with Gasteiger partial charge in [-0.15, -0.1) is 0 Å². The molecule has 0 aliphatic carbocycles. The molecule has 0 aromatic heterocycles. The Hall–Kier alpha value is -1.22. The van der Waals surface area contributed by atoms with E-state index >= 15 is 0 Å².